The first-order chi connectivity index (χ1) is 11.5. The number of rotatable bonds is 4. The number of anilines is 1. The molecule has 1 N–H and O–H groups in total. The van der Waals surface area contributed by atoms with Gasteiger partial charge < -0.3 is 14.6 Å². The minimum atomic E-state index is -0.250. The Hall–Kier alpha value is -2.48. The zero-order valence-electron chi connectivity index (χ0n) is 13.8. The second-order valence-electron chi connectivity index (χ2n) is 5.74. The van der Waals surface area contributed by atoms with Crippen LogP contribution in [0.5, 0.6) is 0 Å². The standard InChI is InChI=1S/C15H20FN5.CH2O2/c1-19(10-15-18-17-11-20(15)2)14-7-8-21(9-14)13-5-3-12(16)4-6-13;2-1-3/h3-6,11,14H,7-10H2,1-2H3;1H,(H,2,3). The van der Waals surface area contributed by atoms with Crippen molar-refractivity contribution in [2.45, 2.75) is 19.0 Å². The fourth-order valence-electron chi connectivity index (χ4n) is 2.79. The van der Waals surface area contributed by atoms with Gasteiger partial charge in [0.25, 0.3) is 6.47 Å². The highest BCUT2D eigenvalue weighted by Crippen LogP contribution is 2.23. The summed E-state index contributed by atoms with van der Waals surface area (Å²) in [4.78, 5) is 13.0. The van der Waals surface area contributed by atoms with E-state index < -0.39 is 0 Å². The van der Waals surface area contributed by atoms with E-state index in [-0.39, 0.29) is 12.3 Å². The molecule has 0 radical (unpaired) electrons. The molecule has 130 valence electrons. The lowest BCUT2D eigenvalue weighted by Gasteiger charge is -2.24. The first kappa shape index (κ1) is 17.9. The van der Waals surface area contributed by atoms with Crippen LogP contribution in [0.1, 0.15) is 12.2 Å². The number of hydrogen-bond acceptors (Lipinski definition) is 5. The van der Waals surface area contributed by atoms with Crippen molar-refractivity contribution in [1.29, 1.82) is 0 Å². The monoisotopic (exact) mass is 335 g/mol. The van der Waals surface area contributed by atoms with Crippen molar-refractivity contribution in [2.75, 3.05) is 25.0 Å². The number of halogens is 1. The maximum atomic E-state index is 13.0. The predicted molar refractivity (Wildman–Crippen MR) is 88.2 cm³/mol. The van der Waals surface area contributed by atoms with E-state index in [0.717, 1.165) is 37.6 Å². The molecule has 3 rings (SSSR count). The molecule has 0 saturated carbocycles. The van der Waals surface area contributed by atoms with E-state index >= 15 is 0 Å². The largest absolute Gasteiger partial charge is 0.483 e. The molecule has 0 aliphatic carbocycles. The van der Waals surface area contributed by atoms with Gasteiger partial charge >= 0.3 is 0 Å². The Labute approximate surface area is 140 Å². The van der Waals surface area contributed by atoms with Crippen molar-refractivity contribution < 1.29 is 14.3 Å². The zero-order chi connectivity index (χ0) is 17.5. The van der Waals surface area contributed by atoms with Gasteiger partial charge in [0.1, 0.15) is 18.0 Å². The molecule has 24 heavy (non-hydrogen) atoms. The Kier molecular flexibility index (Phi) is 6.25. The molecule has 2 heterocycles. The molecule has 1 aromatic heterocycles. The first-order valence-electron chi connectivity index (χ1n) is 7.66. The second kappa shape index (κ2) is 8.39. The predicted octanol–water partition coefficient (Wildman–Crippen LogP) is 1.37. The van der Waals surface area contributed by atoms with Gasteiger partial charge in [-0.1, -0.05) is 0 Å². The minimum absolute atomic E-state index is 0.186. The Morgan fingerprint density at radius 2 is 2.08 bits per heavy atom. The van der Waals surface area contributed by atoms with Gasteiger partial charge in [0.2, 0.25) is 0 Å². The Balaban J connectivity index is 0.000000647. The topological polar surface area (TPSA) is 74.5 Å². The van der Waals surface area contributed by atoms with Crippen molar-refractivity contribution in [3.05, 3.63) is 42.2 Å². The molecular weight excluding hydrogens is 313 g/mol. The van der Waals surface area contributed by atoms with Gasteiger partial charge in [0, 0.05) is 31.9 Å². The fourth-order valence-corrected chi connectivity index (χ4v) is 2.79. The van der Waals surface area contributed by atoms with Crippen molar-refractivity contribution >= 4 is 12.2 Å². The summed E-state index contributed by atoms with van der Waals surface area (Å²) in [6, 6.07) is 7.21. The van der Waals surface area contributed by atoms with Gasteiger partial charge in [-0.25, -0.2) is 4.39 Å². The average molecular weight is 335 g/mol. The lowest BCUT2D eigenvalue weighted by molar-refractivity contribution is -0.122. The van der Waals surface area contributed by atoms with Crippen molar-refractivity contribution in [1.82, 2.24) is 19.7 Å². The summed E-state index contributed by atoms with van der Waals surface area (Å²) >= 11 is 0. The fraction of sp³-hybridized carbons (Fsp3) is 0.438. The molecule has 0 spiro atoms. The van der Waals surface area contributed by atoms with E-state index in [2.05, 4.69) is 27.0 Å². The minimum Gasteiger partial charge on any atom is -0.483 e. The molecule has 0 amide bonds. The summed E-state index contributed by atoms with van der Waals surface area (Å²) in [6.45, 7) is 2.50. The van der Waals surface area contributed by atoms with E-state index in [1.54, 1.807) is 6.33 Å². The van der Waals surface area contributed by atoms with Crippen molar-refractivity contribution in [3.63, 3.8) is 0 Å². The summed E-state index contributed by atoms with van der Waals surface area (Å²) in [7, 11) is 4.08. The number of nitrogens with zero attached hydrogens (tertiary/aromatic N) is 5. The molecule has 0 bridgehead atoms. The summed E-state index contributed by atoms with van der Waals surface area (Å²) in [5.41, 5.74) is 1.09. The summed E-state index contributed by atoms with van der Waals surface area (Å²) in [6.07, 6.45) is 2.83. The molecule has 8 heteroatoms. The van der Waals surface area contributed by atoms with E-state index in [9.17, 15) is 4.39 Å². The molecule has 1 aliphatic heterocycles. The number of carbonyl (C=O) groups is 1. The number of aryl methyl sites for hydroxylation is 1. The lowest BCUT2D eigenvalue weighted by Crippen LogP contribution is -2.34. The number of benzene rings is 1. The molecule has 7 nitrogen and oxygen atoms in total. The van der Waals surface area contributed by atoms with Gasteiger partial charge in [-0.2, -0.15) is 0 Å². The Morgan fingerprint density at radius 1 is 1.42 bits per heavy atom. The highest BCUT2D eigenvalue weighted by molar-refractivity contribution is 5.47. The highest BCUT2D eigenvalue weighted by Gasteiger charge is 2.26. The highest BCUT2D eigenvalue weighted by atomic mass is 19.1. The van der Waals surface area contributed by atoms with E-state index in [0.29, 0.717) is 6.04 Å². The van der Waals surface area contributed by atoms with E-state index in [1.807, 2.05) is 23.7 Å². The normalized spacial score (nSPS) is 16.8. The van der Waals surface area contributed by atoms with Gasteiger partial charge in [0.15, 0.2) is 0 Å². The third-order valence-electron chi connectivity index (χ3n) is 4.17. The van der Waals surface area contributed by atoms with E-state index in [4.69, 9.17) is 9.90 Å². The maximum Gasteiger partial charge on any atom is 0.290 e. The number of aromatic nitrogens is 3. The second-order valence-corrected chi connectivity index (χ2v) is 5.74. The van der Waals surface area contributed by atoms with Crippen molar-refractivity contribution in [3.8, 4) is 0 Å². The summed E-state index contributed by atoms with van der Waals surface area (Å²) in [5.74, 6) is 0.784. The molecule has 1 saturated heterocycles. The number of likely N-dealkylation sites (N-methyl/N-ethyl adjacent to an activating group) is 1. The molecule has 1 unspecified atom stereocenters. The molecule has 1 aromatic carbocycles. The smallest absolute Gasteiger partial charge is 0.290 e. The van der Waals surface area contributed by atoms with Crippen LogP contribution in [0.4, 0.5) is 10.1 Å². The first-order valence-corrected chi connectivity index (χ1v) is 7.66. The van der Waals surface area contributed by atoms with Crippen LogP contribution in [0.15, 0.2) is 30.6 Å². The van der Waals surface area contributed by atoms with Crippen LogP contribution in [0.3, 0.4) is 0 Å². The molecule has 1 aliphatic rings. The third kappa shape index (κ3) is 4.51. The SMILES string of the molecule is CN(Cc1nncn1C)C1CCN(c2ccc(F)cc2)C1.O=CO. The molecular formula is C16H22FN5O2. The molecule has 1 fully saturated rings. The number of carboxylic acid groups (broad SMARTS) is 1. The van der Waals surface area contributed by atoms with E-state index in [1.165, 1.54) is 12.1 Å². The quantitative estimate of drug-likeness (QED) is 0.851. The van der Waals surface area contributed by atoms with Gasteiger partial charge in [0.05, 0.1) is 6.54 Å². The summed E-state index contributed by atoms with van der Waals surface area (Å²) < 4.78 is 14.9. The molecule has 2 aromatic rings. The van der Waals surface area contributed by atoms with Crippen LogP contribution < -0.4 is 4.90 Å². The van der Waals surface area contributed by atoms with Crippen LogP contribution in [0.25, 0.3) is 0 Å². The lowest BCUT2D eigenvalue weighted by atomic mass is 10.2. The summed E-state index contributed by atoms with van der Waals surface area (Å²) in [5, 5.41) is 14.9. The van der Waals surface area contributed by atoms with Gasteiger partial charge in [-0.3, -0.25) is 9.69 Å². The van der Waals surface area contributed by atoms with Crippen LogP contribution in [0.2, 0.25) is 0 Å². The van der Waals surface area contributed by atoms with Crippen LogP contribution >= 0.6 is 0 Å². The molecule has 1 atom stereocenters. The zero-order valence-corrected chi connectivity index (χ0v) is 13.8. The average Bonchev–Trinajstić information content (AvgIpc) is 3.19. The Morgan fingerprint density at radius 3 is 2.67 bits per heavy atom. The van der Waals surface area contributed by atoms with Crippen LogP contribution in [-0.2, 0) is 18.4 Å². The maximum absolute atomic E-state index is 13.0. The van der Waals surface area contributed by atoms with Crippen LogP contribution in [0, 0.1) is 5.82 Å². The Bertz CT molecular complexity index is 646. The van der Waals surface area contributed by atoms with Crippen molar-refractivity contribution in [2.24, 2.45) is 7.05 Å². The van der Waals surface area contributed by atoms with Crippen LogP contribution in [-0.4, -0.2) is 57.4 Å². The third-order valence-corrected chi connectivity index (χ3v) is 4.17. The van der Waals surface area contributed by atoms with Gasteiger partial charge in [-0.05, 0) is 37.7 Å². The number of hydrogen-bond donors (Lipinski definition) is 1. The van der Waals surface area contributed by atoms with Gasteiger partial charge in [-0.15, -0.1) is 10.2 Å².